The molecule has 0 aromatic heterocycles. The molecule has 0 saturated carbocycles. The van der Waals surface area contributed by atoms with Crippen LogP contribution >= 0.6 is 0 Å². The summed E-state index contributed by atoms with van der Waals surface area (Å²) in [4.78, 5) is 2.12. The lowest BCUT2D eigenvalue weighted by Gasteiger charge is -2.38. The summed E-state index contributed by atoms with van der Waals surface area (Å²) in [6, 6.07) is 34.6. The van der Waals surface area contributed by atoms with Crippen LogP contribution in [-0.4, -0.2) is 21.2 Å². The first kappa shape index (κ1) is 24.5. The fraction of sp³-hybridized carbons (Fsp3) is 0.189. The highest BCUT2D eigenvalue weighted by Gasteiger charge is 2.39. The first-order valence-corrected chi connectivity index (χ1v) is 14.1. The van der Waals surface area contributed by atoms with Gasteiger partial charge in [0.1, 0.15) is 11.5 Å². The molecule has 5 aromatic carbocycles. The Morgan fingerprint density at radius 2 is 1.52 bits per heavy atom. The lowest BCUT2D eigenvalue weighted by Crippen LogP contribution is -2.34. The highest BCUT2D eigenvalue weighted by Crippen LogP contribution is 2.51. The zero-order chi connectivity index (χ0) is 27.3. The van der Waals surface area contributed by atoms with Crippen LogP contribution in [0.15, 0.2) is 103 Å². The van der Waals surface area contributed by atoms with E-state index in [1.54, 1.807) is 7.11 Å². The lowest BCUT2D eigenvalue weighted by molar-refractivity contribution is 0.163. The van der Waals surface area contributed by atoms with Gasteiger partial charge in [-0.25, -0.2) is 0 Å². The van der Waals surface area contributed by atoms with E-state index in [0.717, 1.165) is 53.0 Å². The molecule has 7 rings (SSSR count). The predicted octanol–water partition coefficient (Wildman–Crippen LogP) is 8.42. The maximum Gasteiger partial charge on any atom is 0.178 e. The summed E-state index contributed by atoms with van der Waals surface area (Å²) < 4.78 is 13.1. The van der Waals surface area contributed by atoms with E-state index >= 15 is 0 Å². The first-order valence-electron chi connectivity index (χ1n) is 14.1. The van der Waals surface area contributed by atoms with Crippen molar-refractivity contribution in [3.8, 4) is 22.6 Å². The first-order chi connectivity index (χ1) is 19.6. The average Bonchev–Trinajstić information content (AvgIpc) is 3.21. The molecule has 0 amide bonds. The average molecular weight is 524 g/mol. The van der Waals surface area contributed by atoms with E-state index in [-0.39, 0.29) is 0 Å². The van der Waals surface area contributed by atoms with Gasteiger partial charge >= 0.3 is 0 Å². The van der Waals surface area contributed by atoms with E-state index in [2.05, 4.69) is 128 Å². The van der Waals surface area contributed by atoms with Crippen LogP contribution in [0.2, 0.25) is 0 Å². The smallest absolute Gasteiger partial charge is 0.178 e. The van der Waals surface area contributed by atoms with Crippen LogP contribution in [0.4, 0.5) is 5.69 Å². The van der Waals surface area contributed by atoms with Gasteiger partial charge < -0.3 is 14.4 Å². The second-order valence-corrected chi connectivity index (χ2v) is 11.0. The third kappa shape index (κ3) is 3.80. The van der Waals surface area contributed by atoms with Crippen LogP contribution in [0.1, 0.15) is 34.2 Å². The maximum absolute atomic E-state index is 7.34. The summed E-state index contributed by atoms with van der Waals surface area (Å²) in [5, 5.41) is 2.29. The SMILES string of the molecule is COc1ccc2c3c(c4c(c2c1)OC(c1ccccc1)(c1ccc(N(C)C)cc1)C=C4)CCCc1ccccc1-3. The fourth-order valence-electron chi connectivity index (χ4n) is 6.49. The van der Waals surface area contributed by atoms with Gasteiger partial charge in [0.15, 0.2) is 5.60 Å². The van der Waals surface area contributed by atoms with Crippen molar-refractivity contribution >= 4 is 22.5 Å². The number of ether oxygens (including phenoxy) is 2. The molecule has 1 heterocycles. The zero-order valence-electron chi connectivity index (χ0n) is 23.3. The Kier molecular flexibility index (Phi) is 5.89. The molecule has 0 N–H and O–H groups in total. The summed E-state index contributed by atoms with van der Waals surface area (Å²) >= 11 is 0. The minimum atomic E-state index is -0.758. The van der Waals surface area contributed by atoms with Crippen LogP contribution in [0.25, 0.3) is 28.0 Å². The number of benzene rings is 5. The van der Waals surface area contributed by atoms with E-state index < -0.39 is 5.60 Å². The molecule has 3 nitrogen and oxygen atoms in total. The molecule has 0 saturated heterocycles. The number of anilines is 1. The van der Waals surface area contributed by atoms with E-state index in [1.165, 1.54) is 33.2 Å². The Labute approximate surface area is 236 Å². The molecular weight excluding hydrogens is 490 g/mol. The lowest BCUT2D eigenvalue weighted by atomic mass is 9.81. The molecule has 1 aliphatic carbocycles. The molecule has 2 aliphatic rings. The largest absolute Gasteiger partial charge is 0.497 e. The topological polar surface area (TPSA) is 21.7 Å². The molecule has 1 aliphatic heterocycles. The van der Waals surface area contributed by atoms with Gasteiger partial charge in [-0.15, -0.1) is 0 Å². The molecule has 1 unspecified atom stereocenters. The minimum Gasteiger partial charge on any atom is -0.497 e. The van der Waals surface area contributed by atoms with Gasteiger partial charge in [0.2, 0.25) is 0 Å². The Bertz CT molecular complexity index is 1750. The molecule has 3 heteroatoms. The van der Waals surface area contributed by atoms with Crippen molar-refractivity contribution in [2.45, 2.75) is 24.9 Å². The number of fused-ring (bicyclic) bond motifs is 8. The van der Waals surface area contributed by atoms with Crippen molar-refractivity contribution in [1.82, 2.24) is 0 Å². The number of nitrogens with zero attached hydrogens (tertiary/aromatic N) is 1. The predicted molar refractivity (Wildman–Crippen MR) is 166 cm³/mol. The van der Waals surface area contributed by atoms with Crippen molar-refractivity contribution < 1.29 is 9.47 Å². The Morgan fingerprint density at radius 1 is 0.775 bits per heavy atom. The summed E-state index contributed by atoms with van der Waals surface area (Å²) in [5.41, 5.74) is 9.24. The number of rotatable bonds is 4. The summed E-state index contributed by atoms with van der Waals surface area (Å²) in [5.74, 6) is 1.76. The molecule has 0 fully saturated rings. The van der Waals surface area contributed by atoms with Crippen molar-refractivity contribution in [3.05, 3.63) is 131 Å². The molecule has 5 aromatic rings. The van der Waals surface area contributed by atoms with Crippen LogP contribution < -0.4 is 14.4 Å². The van der Waals surface area contributed by atoms with Crippen molar-refractivity contribution in [2.24, 2.45) is 0 Å². The van der Waals surface area contributed by atoms with Gasteiger partial charge in [0, 0.05) is 41.9 Å². The van der Waals surface area contributed by atoms with Crippen LogP contribution in [0.3, 0.4) is 0 Å². The standard InChI is InChI=1S/C37H33NO2/c1-38(2)28-18-16-27(17-19-28)37(26-12-5-4-6-13-26)23-22-33-31-15-9-11-25-10-7-8-14-30(25)35(31)32-21-20-29(39-3)24-34(32)36(33)40-37/h4-8,10,12-14,16-24H,9,11,15H2,1-3H3. The summed E-state index contributed by atoms with van der Waals surface area (Å²) in [6.45, 7) is 0. The van der Waals surface area contributed by atoms with Crippen molar-refractivity contribution in [1.29, 1.82) is 0 Å². The molecule has 40 heavy (non-hydrogen) atoms. The van der Waals surface area contributed by atoms with E-state index in [0.29, 0.717) is 0 Å². The second kappa shape index (κ2) is 9.60. The third-order valence-corrected chi connectivity index (χ3v) is 8.53. The molecule has 1 atom stereocenters. The maximum atomic E-state index is 7.34. The molecule has 198 valence electrons. The van der Waals surface area contributed by atoms with Crippen molar-refractivity contribution in [3.63, 3.8) is 0 Å². The van der Waals surface area contributed by atoms with Gasteiger partial charge in [-0.3, -0.25) is 0 Å². The zero-order valence-corrected chi connectivity index (χ0v) is 23.3. The second-order valence-electron chi connectivity index (χ2n) is 11.0. The van der Waals surface area contributed by atoms with Crippen LogP contribution in [0.5, 0.6) is 11.5 Å². The van der Waals surface area contributed by atoms with Crippen LogP contribution in [0, 0.1) is 0 Å². The molecule has 0 bridgehead atoms. The number of aryl methyl sites for hydroxylation is 1. The quantitative estimate of drug-likeness (QED) is 0.236. The van der Waals surface area contributed by atoms with Gasteiger partial charge in [0.05, 0.1) is 7.11 Å². The Morgan fingerprint density at radius 3 is 2.30 bits per heavy atom. The summed E-state index contributed by atoms with van der Waals surface area (Å²) in [6.07, 6.45) is 7.78. The van der Waals surface area contributed by atoms with Gasteiger partial charge in [0.25, 0.3) is 0 Å². The fourth-order valence-corrected chi connectivity index (χ4v) is 6.49. The van der Waals surface area contributed by atoms with Gasteiger partial charge in [-0.2, -0.15) is 0 Å². The number of hydrogen-bond acceptors (Lipinski definition) is 3. The highest BCUT2D eigenvalue weighted by molar-refractivity contribution is 6.06. The molecular formula is C37H33NO2. The highest BCUT2D eigenvalue weighted by atomic mass is 16.5. The van der Waals surface area contributed by atoms with Crippen LogP contribution in [-0.2, 0) is 18.4 Å². The third-order valence-electron chi connectivity index (χ3n) is 8.53. The monoisotopic (exact) mass is 523 g/mol. The van der Waals surface area contributed by atoms with E-state index in [9.17, 15) is 0 Å². The van der Waals surface area contributed by atoms with E-state index in [4.69, 9.17) is 9.47 Å². The molecule has 0 radical (unpaired) electrons. The van der Waals surface area contributed by atoms with Gasteiger partial charge in [-0.05, 0) is 83.3 Å². The van der Waals surface area contributed by atoms with E-state index in [1.807, 2.05) is 0 Å². The Balaban J connectivity index is 1.52. The van der Waals surface area contributed by atoms with Gasteiger partial charge in [-0.1, -0.05) is 72.8 Å². The number of methoxy groups -OCH3 is 1. The molecule has 0 spiro atoms. The number of hydrogen-bond donors (Lipinski definition) is 0. The normalized spacial score (nSPS) is 17.3. The van der Waals surface area contributed by atoms with Crippen molar-refractivity contribution in [2.75, 3.05) is 26.1 Å². The summed E-state index contributed by atoms with van der Waals surface area (Å²) in [7, 11) is 5.87. The Hall–Kier alpha value is -4.50. The minimum absolute atomic E-state index is 0.758.